The van der Waals surface area contributed by atoms with E-state index in [4.69, 9.17) is 14.2 Å². The number of ether oxygens (including phenoxy) is 3. The number of carbonyl (C=O) groups excluding carboxylic acids is 1. The fourth-order valence-electron chi connectivity index (χ4n) is 2.61. The second kappa shape index (κ2) is 5.33. The molecular weight excluding hydrogens is 252 g/mol. The van der Waals surface area contributed by atoms with Crippen LogP contribution in [0.5, 0.6) is 0 Å². The van der Waals surface area contributed by atoms with Crippen LogP contribution in [0.1, 0.15) is 27.2 Å². The summed E-state index contributed by atoms with van der Waals surface area (Å²) in [5, 5.41) is -0.123. The molecule has 5 heteroatoms. The summed E-state index contributed by atoms with van der Waals surface area (Å²) in [7, 11) is 0. The van der Waals surface area contributed by atoms with Gasteiger partial charge >= 0.3 is 0 Å². The molecule has 4 nitrogen and oxygen atoms in total. The molecule has 5 atom stereocenters. The van der Waals surface area contributed by atoms with Gasteiger partial charge in [0.2, 0.25) is 0 Å². The van der Waals surface area contributed by atoms with Crippen molar-refractivity contribution in [3.05, 3.63) is 12.2 Å². The van der Waals surface area contributed by atoms with Gasteiger partial charge in [0.1, 0.15) is 5.60 Å². The van der Waals surface area contributed by atoms with Gasteiger partial charge in [-0.25, -0.2) is 0 Å². The van der Waals surface area contributed by atoms with E-state index in [1.165, 1.54) is 0 Å². The first-order chi connectivity index (χ1) is 8.61. The molecule has 0 aromatic carbocycles. The van der Waals surface area contributed by atoms with Gasteiger partial charge in [-0.3, -0.25) is 4.79 Å². The Morgan fingerprint density at radius 3 is 2.67 bits per heavy atom. The summed E-state index contributed by atoms with van der Waals surface area (Å²) in [6.45, 7) is 6.54. The average molecular weight is 272 g/mol. The first-order valence-electron chi connectivity index (χ1n) is 6.48. The molecule has 0 radical (unpaired) electrons. The first kappa shape index (κ1) is 14.1. The summed E-state index contributed by atoms with van der Waals surface area (Å²) >= 11 is 3.89. The molecule has 2 saturated heterocycles. The zero-order chi connectivity index (χ0) is 13.3. The van der Waals surface area contributed by atoms with Crippen LogP contribution in [-0.2, 0) is 19.0 Å². The third-order valence-corrected chi connectivity index (χ3v) is 3.75. The lowest BCUT2D eigenvalue weighted by Gasteiger charge is -2.28. The Morgan fingerprint density at radius 1 is 1.44 bits per heavy atom. The summed E-state index contributed by atoms with van der Waals surface area (Å²) in [6, 6.07) is 0. The summed E-state index contributed by atoms with van der Waals surface area (Å²) in [5.74, 6) is -0.170. The van der Waals surface area contributed by atoms with Crippen LogP contribution in [-0.4, -0.2) is 35.8 Å². The van der Waals surface area contributed by atoms with Crippen molar-refractivity contribution in [1.29, 1.82) is 0 Å². The third-order valence-electron chi connectivity index (χ3n) is 3.41. The molecule has 102 valence electrons. The maximum absolute atomic E-state index is 11.3. The molecule has 3 heterocycles. The quantitative estimate of drug-likeness (QED) is 0.616. The molecule has 5 unspecified atom stereocenters. The van der Waals surface area contributed by atoms with Gasteiger partial charge in [-0.05, 0) is 19.4 Å². The normalized spacial score (nSPS) is 44.9. The minimum atomic E-state index is -0.571. The van der Waals surface area contributed by atoms with E-state index < -0.39 is 5.60 Å². The van der Waals surface area contributed by atoms with E-state index in [2.05, 4.69) is 12.6 Å². The molecule has 2 fully saturated rings. The Kier molecular flexibility index (Phi) is 4.16. The predicted molar refractivity (Wildman–Crippen MR) is 70.5 cm³/mol. The van der Waals surface area contributed by atoms with Gasteiger partial charge in [0.25, 0.3) is 0 Å². The van der Waals surface area contributed by atoms with Gasteiger partial charge in [0, 0.05) is 0 Å². The van der Waals surface area contributed by atoms with Crippen molar-refractivity contribution in [2.45, 2.75) is 51.3 Å². The maximum atomic E-state index is 11.3. The lowest BCUT2D eigenvalue weighted by molar-refractivity contribution is -0.170. The van der Waals surface area contributed by atoms with Gasteiger partial charge in [0.15, 0.2) is 11.4 Å². The van der Waals surface area contributed by atoms with Crippen molar-refractivity contribution in [3.63, 3.8) is 0 Å². The largest absolute Gasteiger partial charge is 0.357 e. The van der Waals surface area contributed by atoms with Gasteiger partial charge in [0.05, 0.1) is 24.7 Å². The number of hydrogen-bond donors (Lipinski definition) is 1. The molecule has 3 aliphatic heterocycles. The van der Waals surface area contributed by atoms with Crippen LogP contribution in [0.15, 0.2) is 12.2 Å². The number of rotatable bonds is 2. The van der Waals surface area contributed by atoms with Crippen LogP contribution in [0.4, 0.5) is 0 Å². The maximum Gasteiger partial charge on any atom is 0.192 e. The highest BCUT2D eigenvalue weighted by Gasteiger charge is 2.57. The Labute approximate surface area is 113 Å². The lowest BCUT2D eigenvalue weighted by atomic mass is 9.86. The van der Waals surface area contributed by atoms with Crippen molar-refractivity contribution < 1.29 is 19.0 Å². The third kappa shape index (κ3) is 2.25. The van der Waals surface area contributed by atoms with Gasteiger partial charge < -0.3 is 14.2 Å². The molecule has 0 amide bonds. The Balaban J connectivity index is 0.000000574. The Hall–Kier alpha value is -0.360. The monoisotopic (exact) mass is 272 g/mol. The highest BCUT2D eigenvalue weighted by Crippen LogP contribution is 2.47. The van der Waals surface area contributed by atoms with Crippen molar-refractivity contribution in [3.8, 4) is 0 Å². The zero-order valence-electron chi connectivity index (χ0n) is 11.0. The predicted octanol–water partition coefficient (Wildman–Crippen LogP) is 1.94. The van der Waals surface area contributed by atoms with Crippen molar-refractivity contribution in [2.75, 3.05) is 6.61 Å². The molecule has 3 rings (SSSR count). The SMILES string of the molecule is CC.CC1COC(C23C=CC(O2)C(C(=O)S)C3)O1. The van der Waals surface area contributed by atoms with Crippen molar-refractivity contribution in [2.24, 2.45) is 5.92 Å². The van der Waals surface area contributed by atoms with Gasteiger partial charge in [-0.1, -0.05) is 19.9 Å². The molecule has 18 heavy (non-hydrogen) atoms. The molecule has 2 bridgehead atoms. The minimum Gasteiger partial charge on any atom is -0.357 e. The Bertz CT molecular complexity index is 357. The smallest absolute Gasteiger partial charge is 0.192 e. The van der Waals surface area contributed by atoms with Crippen LogP contribution in [0, 0.1) is 5.92 Å². The minimum absolute atomic E-state index is 0.0844. The lowest BCUT2D eigenvalue weighted by Crippen LogP contribution is -2.40. The van der Waals surface area contributed by atoms with Gasteiger partial charge in [-0.2, -0.15) is 0 Å². The van der Waals surface area contributed by atoms with E-state index >= 15 is 0 Å². The van der Waals surface area contributed by atoms with Crippen LogP contribution in [0.2, 0.25) is 0 Å². The first-order valence-corrected chi connectivity index (χ1v) is 6.92. The summed E-state index contributed by atoms with van der Waals surface area (Å²) in [5.41, 5.74) is -0.571. The second-order valence-electron chi connectivity index (χ2n) is 4.66. The number of thiol groups is 1. The fraction of sp³-hybridized carbons (Fsp3) is 0.769. The van der Waals surface area contributed by atoms with E-state index in [9.17, 15) is 4.79 Å². The van der Waals surface area contributed by atoms with Crippen LogP contribution in [0.25, 0.3) is 0 Å². The average Bonchev–Trinajstić information content (AvgIpc) is 3.05. The number of hydrogen-bond acceptors (Lipinski definition) is 4. The highest BCUT2D eigenvalue weighted by molar-refractivity contribution is 7.96. The summed E-state index contributed by atoms with van der Waals surface area (Å²) in [4.78, 5) is 11.3. The molecule has 0 saturated carbocycles. The molecular formula is C13H20O4S. The number of fused-ring (bicyclic) bond motifs is 2. The van der Waals surface area contributed by atoms with Crippen LogP contribution >= 0.6 is 12.6 Å². The van der Waals surface area contributed by atoms with E-state index in [1.54, 1.807) is 0 Å². The molecule has 0 aromatic rings. The van der Waals surface area contributed by atoms with E-state index in [0.717, 1.165) is 0 Å². The van der Waals surface area contributed by atoms with Crippen LogP contribution in [0.3, 0.4) is 0 Å². The van der Waals surface area contributed by atoms with Crippen LogP contribution < -0.4 is 0 Å². The van der Waals surface area contributed by atoms with E-state index in [0.29, 0.717) is 13.0 Å². The Morgan fingerprint density at radius 2 is 2.17 bits per heavy atom. The standard InChI is InChI=1S/C11H14O4S.C2H6/c1-6-5-13-10(14-6)11-3-2-8(15-11)7(4-11)9(12)16;1-2/h2-3,6-8,10H,4-5H2,1H3,(H,12,16);1-2H3. The second-order valence-corrected chi connectivity index (χ2v) is 5.10. The molecule has 0 N–H and O–H groups in total. The summed E-state index contributed by atoms with van der Waals surface area (Å²) in [6.07, 6.45) is 4.02. The van der Waals surface area contributed by atoms with Crippen molar-refractivity contribution >= 4 is 17.7 Å². The summed E-state index contributed by atoms with van der Waals surface area (Å²) < 4.78 is 17.1. The fourth-order valence-corrected chi connectivity index (χ4v) is 2.85. The van der Waals surface area contributed by atoms with Gasteiger partial charge in [-0.15, -0.1) is 12.6 Å². The van der Waals surface area contributed by atoms with E-state index in [-0.39, 0.29) is 29.5 Å². The van der Waals surface area contributed by atoms with Crippen molar-refractivity contribution in [1.82, 2.24) is 0 Å². The van der Waals surface area contributed by atoms with E-state index in [1.807, 2.05) is 32.9 Å². The molecule has 0 aromatic heterocycles. The topological polar surface area (TPSA) is 44.8 Å². The highest BCUT2D eigenvalue weighted by atomic mass is 32.1. The molecule has 0 spiro atoms. The molecule has 0 aliphatic carbocycles. The zero-order valence-corrected chi connectivity index (χ0v) is 11.9. The number of carbonyl (C=O) groups is 1. The molecule has 3 aliphatic rings.